The van der Waals surface area contributed by atoms with Gasteiger partial charge >= 0.3 is 0 Å². The molecule has 2 heterocycles. The molecule has 0 amide bonds. The van der Waals surface area contributed by atoms with Gasteiger partial charge in [-0.1, -0.05) is 23.2 Å². The number of aryl methyl sites for hydroxylation is 1. The number of nitrogens with one attached hydrogen (secondary N) is 1. The van der Waals surface area contributed by atoms with Gasteiger partial charge in [0.05, 0.1) is 11.6 Å². The molecule has 0 aliphatic heterocycles. The van der Waals surface area contributed by atoms with Crippen molar-refractivity contribution in [3.63, 3.8) is 0 Å². The van der Waals surface area contributed by atoms with E-state index in [2.05, 4.69) is 19.8 Å². The van der Waals surface area contributed by atoms with Crippen molar-refractivity contribution in [3.05, 3.63) is 34.6 Å². The molecule has 102 valence electrons. The first-order valence-electron chi connectivity index (χ1n) is 5.04. The predicted molar refractivity (Wildman–Crippen MR) is 69.3 cm³/mol. The fraction of sp³-hybridized carbons (Fsp3) is 0.222. The van der Waals surface area contributed by atoms with E-state index >= 15 is 0 Å². The fourth-order valence-corrected chi connectivity index (χ4v) is 2.54. The maximum Gasteiger partial charge on any atom is 0.242 e. The third-order valence-electron chi connectivity index (χ3n) is 2.15. The van der Waals surface area contributed by atoms with Gasteiger partial charge in [0.1, 0.15) is 16.4 Å². The molecule has 0 saturated carbocycles. The molecular formula is C9H9Cl2N5O2S. The van der Waals surface area contributed by atoms with Crippen LogP contribution >= 0.6 is 23.2 Å². The van der Waals surface area contributed by atoms with Crippen molar-refractivity contribution in [2.75, 3.05) is 0 Å². The van der Waals surface area contributed by atoms with E-state index in [-0.39, 0.29) is 21.6 Å². The van der Waals surface area contributed by atoms with Crippen molar-refractivity contribution >= 4 is 33.2 Å². The smallest absolute Gasteiger partial charge is 0.242 e. The average molecular weight is 322 g/mol. The molecule has 7 nitrogen and oxygen atoms in total. The largest absolute Gasteiger partial charge is 0.256 e. The second-order valence-electron chi connectivity index (χ2n) is 3.60. The van der Waals surface area contributed by atoms with E-state index < -0.39 is 10.0 Å². The van der Waals surface area contributed by atoms with E-state index in [1.165, 1.54) is 17.1 Å². The molecule has 2 aromatic heterocycles. The van der Waals surface area contributed by atoms with Crippen LogP contribution in [-0.4, -0.2) is 28.2 Å². The number of pyridine rings is 1. The summed E-state index contributed by atoms with van der Waals surface area (Å²) in [5, 5.41) is 4.07. The Labute approximate surface area is 119 Å². The lowest BCUT2D eigenvalue weighted by molar-refractivity contribution is 0.578. The van der Waals surface area contributed by atoms with Crippen LogP contribution in [0.2, 0.25) is 10.2 Å². The normalized spacial score (nSPS) is 11.7. The highest BCUT2D eigenvalue weighted by Crippen LogP contribution is 2.21. The molecule has 0 aliphatic rings. The van der Waals surface area contributed by atoms with Gasteiger partial charge in [0.2, 0.25) is 10.0 Å². The highest BCUT2D eigenvalue weighted by molar-refractivity contribution is 7.89. The predicted octanol–water partition coefficient (Wildman–Crippen LogP) is 0.995. The monoisotopic (exact) mass is 321 g/mol. The van der Waals surface area contributed by atoms with Gasteiger partial charge < -0.3 is 0 Å². The summed E-state index contributed by atoms with van der Waals surface area (Å²) in [6.45, 7) is -0.0244. The summed E-state index contributed by atoms with van der Waals surface area (Å²) in [4.78, 5) is 7.52. The average Bonchev–Trinajstić information content (AvgIpc) is 2.76. The molecule has 0 spiro atoms. The molecule has 0 aliphatic carbocycles. The van der Waals surface area contributed by atoms with E-state index in [9.17, 15) is 8.42 Å². The Kier molecular flexibility index (Phi) is 4.04. The van der Waals surface area contributed by atoms with Crippen LogP contribution in [0.3, 0.4) is 0 Å². The molecular weight excluding hydrogens is 313 g/mol. The molecule has 2 aromatic rings. The molecule has 0 atom stereocenters. The second-order valence-corrected chi connectivity index (χ2v) is 6.13. The highest BCUT2D eigenvalue weighted by Gasteiger charge is 2.16. The van der Waals surface area contributed by atoms with Crippen LogP contribution in [0, 0.1) is 0 Å². The Morgan fingerprint density at radius 3 is 2.68 bits per heavy atom. The van der Waals surface area contributed by atoms with Gasteiger partial charge in [-0.2, -0.15) is 5.10 Å². The minimum atomic E-state index is -3.73. The number of hydrogen-bond acceptors (Lipinski definition) is 5. The molecule has 0 fully saturated rings. The standard InChI is InChI=1S/C9H9Cl2N5O2S/c1-16-5-13-8(15-16)4-14-19(17,18)6-2-7(10)9(11)12-3-6/h2-3,5,14H,4H2,1H3. The molecule has 19 heavy (non-hydrogen) atoms. The first-order valence-corrected chi connectivity index (χ1v) is 7.27. The number of nitrogens with zero attached hydrogens (tertiary/aromatic N) is 4. The van der Waals surface area contributed by atoms with Crippen molar-refractivity contribution in [3.8, 4) is 0 Å². The maximum absolute atomic E-state index is 12.0. The minimum absolute atomic E-state index is 0.0244. The van der Waals surface area contributed by atoms with Gasteiger partial charge in [0, 0.05) is 13.2 Å². The Hall–Kier alpha value is -1.22. The first kappa shape index (κ1) is 14.2. The van der Waals surface area contributed by atoms with Crippen molar-refractivity contribution in [1.29, 1.82) is 0 Å². The third-order valence-corrected chi connectivity index (χ3v) is 4.20. The quantitative estimate of drug-likeness (QED) is 0.848. The topological polar surface area (TPSA) is 89.8 Å². The number of sulfonamides is 1. The van der Waals surface area contributed by atoms with Crippen LogP contribution < -0.4 is 4.72 Å². The lowest BCUT2D eigenvalue weighted by atomic mass is 10.5. The van der Waals surface area contributed by atoms with Crippen LogP contribution in [0.25, 0.3) is 0 Å². The van der Waals surface area contributed by atoms with E-state index in [4.69, 9.17) is 23.2 Å². The van der Waals surface area contributed by atoms with Crippen molar-refractivity contribution in [1.82, 2.24) is 24.5 Å². The zero-order chi connectivity index (χ0) is 14.0. The molecule has 2 rings (SSSR count). The molecule has 0 bridgehead atoms. The number of halogens is 2. The van der Waals surface area contributed by atoms with E-state index in [1.54, 1.807) is 7.05 Å². The minimum Gasteiger partial charge on any atom is -0.256 e. The van der Waals surface area contributed by atoms with Crippen LogP contribution in [0.15, 0.2) is 23.5 Å². The molecule has 1 N–H and O–H groups in total. The summed E-state index contributed by atoms with van der Waals surface area (Å²) < 4.78 is 27.7. The lowest BCUT2D eigenvalue weighted by Gasteiger charge is -2.05. The third kappa shape index (κ3) is 3.41. The Balaban J connectivity index is 2.16. The van der Waals surface area contributed by atoms with Gasteiger partial charge in [0.25, 0.3) is 0 Å². The number of aromatic nitrogens is 4. The summed E-state index contributed by atoms with van der Waals surface area (Å²) in [6.07, 6.45) is 2.60. The van der Waals surface area contributed by atoms with E-state index in [0.29, 0.717) is 5.82 Å². The summed E-state index contributed by atoms with van der Waals surface area (Å²) in [7, 11) is -2.04. The molecule has 0 saturated heterocycles. The number of hydrogen-bond donors (Lipinski definition) is 1. The van der Waals surface area contributed by atoms with Crippen molar-refractivity contribution in [2.45, 2.75) is 11.4 Å². The SMILES string of the molecule is Cn1cnc(CNS(=O)(=O)c2cnc(Cl)c(Cl)c2)n1. The van der Waals surface area contributed by atoms with Crippen molar-refractivity contribution in [2.24, 2.45) is 7.05 Å². The Morgan fingerprint density at radius 1 is 1.37 bits per heavy atom. The summed E-state index contributed by atoms with van der Waals surface area (Å²) in [6, 6.07) is 1.23. The molecule has 0 aromatic carbocycles. The van der Waals surface area contributed by atoms with Crippen LogP contribution in [-0.2, 0) is 23.6 Å². The first-order chi connectivity index (χ1) is 8.88. The molecule has 0 unspecified atom stereocenters. The zero-order valence-corrected chi connectivity index (χ0v) is 12.0. The van der Waals surface area contributed by atoms with Crippen LogP contribution in [0.4, 0.5) is 0 Å². The second kappa shape index (κ2) is 5.41. The van der Waals surface area contributed by atoms with Gasteiger partial charge in [0.15, 0.2) is 5.82 Å². The summed E-state index contributed by atoms with van der Waals surface area (Å²) in [5.74, 6) is 0.360. The lowest BCUT2D eigenvalue weighted by Crippen LogP contribution is -2.24. The zero-order valence-electron chi connectivity index (χ0n) is 9.71. The summed E-state index contributed by atoms with van der Waals surface area (Å²) >= 11 is 11.4. The number of rotatable bonds is 4. The fourth-order valence-electron chi connectivity index (χ4n) is 1.26. The van der Waals surface area contributed by atoms with E-state index in [1.807, 2.05) is 0 Å². The van der Waals surface area contributed by atoms with Crippen LogP contribution in [0.1, 0.15) is 5.82 Å². The van der Waals surface area contributed by atoms with Gasteiger partial charge in [-0.25, -0.2) is 23.1 Å². The van der Waals surface area contributed by atoms with Gasteiger partial charge in [-0.3, -0.25) is 4.68 Å². The Bertz CT molecular complexity index is 700. The molecule has 10 heteroatoms. The van der Waals surface area contributed by atoms with Gasteiger partial charge in [-0.05, 0) is 6.07 Å². The van der Waals surface area contributed by atoms with E-state index in [0.717, 1.165) is 6.20 Å². The Morgan fingerprint density at radius 2 is 2.11 bits per heavy atom. The van der Waals surface area contributed by atoms with Crippen LogP contribution in [0.5, 0.6) is 0 Å². The molecule has 0 radical (unpaired) electrons. The summed E-state index contributed by atoms with van der Waals surface area (Å²) in [5.41, 5.74) is 0. The maximum atomic E-state index is 12.0. The van der Waals surface area contributed by atoms with Gasteiger partial charge in [-0.15, -0.1) is 0 Å². The highest BCUT2D eigenvalue weighted by atomic mass is 35.5. The van der Waals surface area contributed by atoms with Crippen molar-refractivity contribution < 1.29 is 8.42 Å².